The van der Waals surface area contributed by atoms with Gasteiger partial charge in [0.05, 0.1) is 0 Å². The third-order valence-electron chi connectivity index (χ3n) is 4.12. The van der Waals surface area contributed by atoms with E-state index in [0.717, 1.165) is 11.1 Å². The average Bonchev–Trinajstić information content (AvgIpc) is 2.52. The van der Waals surface area contributed by atoms with Crippen LogP contribution < -0.4 is 10.8 Å². The molecule has 126 valence electrons. The van der Waals surface area contributed by atoms with E-state index in [2.05, 4.69) is 26.1 Å². The van der Waals surface area contributed by atoms with Crippen molar-refractivity contribution >= 4 is 18.5 Å². The number of carbonyl (C=O) groups is 1. The van der Waals surface area contributed by atoms with Crippen LogP contribution in [0.5, 0.6) is 0 Å². The van der Waals surface area contributed by atoms with Gasteiger partial charge < -0.3 is 15.4 Å². The first-order chi connectivity index (χ1) is 11.2. The van der Waals surface area contributed by atoms with Crippen LogP contribution in [0.15, 0.2) is 42.5 Å². The summed E-state index contributed by atoms with van der Waals surface area (Å²) in [4.78, 5) is 12.3. The van der Waals surface area contributed by atoms with Crippen LogP contribution in [0.2, 0.25) is 0 Å². The average molecular weight is 325 g/mol. The lowest BCUT2D eigenvalue weighted by molar-refractivity contribution is 0.0951. The minimum Gasteiger partial charge on any atom is -0.423 e. The molecule has 0 atom stereocenters. The van der Waals surface area contributed by atoms with Crippen molar-refractivity contribution in [2.75, 3.05) is 0 Å². The summed E-state index contributed by atoms with van der Waals surface area (Å²) in [5.74, 6) is -0.124. The van der Waals surface area contributed by atoms with E-state index >= 15 is 0 Å². The number of carbonyl (C=O) groups excluding carboxylic acids is 1. The molecule has 4 nitrogen and oxygen atoms in total. The van der Waals surface area contributed by atoms with E-state index in [1.165, 1.54) is 5.56 Å². The lowest BCUT2D eigenvalue weighted by atomic mass is 9.79. The van der Waals surface area contributed by atoms with Gasteiger partial charge in [0.1, 0.15) is 0 Å². The van der Waals surface area contributed by atoms with Crippen LogP contribution in [-0.4, -0.2) is 23.1 Å². The Morgan fingerprint density at radius 3 is 2.21 bits per heavy atom. The molecule has 1 amide bonds. The molecule has 0 aliphatic carbocycles. The summed E-state index contributed by atoms with van der Waals surface area (Å²) < 4.78 is 0. The Hall–Kier alpha value is -2.11. The molecule has 0 fully saturated rings. The Bertz CT molecular complexity index is 718. The van der Waals surface area contributed by atoms with Crippen molar-refractivity contribution in [2.24, 2.45) is 0 Å². The van der Waals surface area contributed by atoms with Crippen molar-refractivity contribution < 1.29 is 14.8 Å². The van der Waals surface area contributed by atoms with Crippen LogP contribution in [0.25, 0.3) is 0 Å². The molecule has 0 aromatic heterocycles. The molecule has 2 rings (SSSR count). The molecule has 0 saturated carbocycles. The highest BCUT2D eigenvalue weighted by Gasteiger charge is 2.15. The normalized spacial score (nSPS) is 11.2. The fourth-order valence-electron chi connectivity index (χ4n) is 2.48. The molecule has 2 aromatic rings. The van der Waals surface area contributed by atoms with E-state index in [9.17, 15) is 14.8 Å². The van der Waals surface area contributed by atoms with E-state index in [1.54, 1.807) is 18.2 Å². The van der Waals surface area contributed by atoms with E-state index in [-0.39, 0.29) is 11.3 Å². The van der Waals surface area contributed by atoms with Gasteiger partial charge in [0, 0.05) is 12.1 Å². The topological polar surface area (TPSA) is 69.6 Å². The molecule has 0 bridgehead atoms. The predicted octanol–water partition coefficient (Wildman–Crippen LogP) is 1.90. The van der Waals surface area contributed by atoms with E-state index in [4.69, 9.17) is 0 Å². The Balaban J connectivity index is 2.03. The third kappa shape index (κ3) is 4.46. The molecule has 0 unspecified atom stereocenters. The van der Waals surface area contributed by atoms with Gasteiger partial charge in [-0.2, -0.15) is 0 Å². The predicted molar refractivity (Wildman–Crippen MR) is 97.3 cm³/mol. The fraction of sp³-hybridized carbons (Fsp3) is 0.316. The highest BCUT2D eigenvalue weighted by atomic mass is 16.4. The zero-order chi connectivity index (χ0) is 17.9. The van der Waals surface area contributed by atoms with E-state index in [1.807, 2.05) is 31.2 Å². The lowest BCUT2D eigenvalue weighted by Gasteiger charge is -2.19. The minimum absolute atomic E-state index is 0.0607. The summed E-state index contributed by atoms with van der Waals surface area (Å²) in [6, 6.07) is 12.8. The molecule has 2 aromatic carbocycles. The molecule has 0 spiro atoms. The molecule has 0 aliphatic rings. The second-order valence-corrected chi connectivity index (χ2v) is 7.07. The fourth-order valence-corrected chi connectivity index (χ4v) is 2.48. The monoisotopic (exact) mass is 325 g/mol. The first kappa shape index (κ1) is 18.2. The van der Waals surface area contributed by atoms with Crippen molar-refractivity contribution in [1.82, 2.24) is 5.32 Å². The maximum absolute atomic E-state index is 12.3. The number of hydrogen-bond acceptors (Lipinski definition) is 3. The van der Waals surface area contributed by atoms with Crippen LogP contribution >= 0.6 is 0 Å². The van der Waals surface area contributed by atoms with Crippen LogP contribution in [0, 0.1) is 6.92 Å². The van der Waals surface area contributed by atoms with Gasteiger partial charge in [0.15, 0.2) is 0 Å². The highest BCUT2D eigenvalue weighted by molar-refractivity contribution is 6.58. The van der Waals surface area contributed by atoms with E-state index < -0.39 is 7.12 Å². The van der Waals surface area contributed by atoms with Gasteiger partial charge >= 0.3 is 7.12 Å². The summed E-state index contributed by atoms with van der Waals surface area (Å²) in [5, 5.41) is 21.2. The van der Waals surface area contributed by atoms with Gasteiger partial charge in [-0.15, -0.1) is 0 Å². The maximum atomic E-state index is 12.3. The second-order valence-electron chi connectivity index (χ2n) is 7.07. The van der Waals surface area contributed by atoms with Gasteiger partial charge in [-0.05, 0) is 46.6 Å². The zero-order valence-corrected chi connectivity index (χ0v) is 14.6. The standard InChI is InChI=1S/C19H24BNO3/c1-13-11-17(20(23)24)10-7-15(13)12-21-18(22)14-5-8-16(9-6-14)19(2,3)4/h5-11,23-24H,12H2,1-4H3,(H,21,22). The van der Waals surface area contributed by atoms with Gasteiger partial charge in [-0.3, -0.25) is 4.79 Å². The summed E-state index contributed by atoms with van der Waals surface area (Å²) in [5.41, 5.74) is 4.17. The van der Waals surface area contributed by atoms with Crippen molar-refractivity contribution in [3.63, 3.8) is 0 Å². The molecular formula is C19H24BNO3. The lowest BCUT2D eigenvalue weighted by Crippen LogP contribution is -2.30. The highest BCUT2D eigenvalue weighted by Crippen LogP contribution is 2.22. The molecule has 5 heteroatoms. The summed E-state index contributed by atoms with van der Waals surface area (Å²) >= 11 is 0. The molecule has 0 radical (unpaired) electrons. The van der Waals surface area contributed by atoms with Gasteiger partial charge in [0.2, 0.25) is 0 Å². The van der Waals surface area contributed by atoms with Crippen LogP contribution in [-0.2, 0) is 12.0 Å². The Morgan fingerprint density at radius 2 is 1.71 bits per heavy atom. The van der Waals surface area contributed by atoms with Crippen molar-refractivity contribution in [3.05, 3.63) is 64.7 Å². The van der Waals surface area contributed by atoms with Crippen molar-refractivity contribution in [2.45, 2.75) is 39.7 Å². The quantitative estimate of drug-likeness (QED) is 0.752. The van der Waals surface area contributed by atoms with Crippen LogP contribution in [0.4, 0.5) is 0 Å². The Morgan fingerprint density at radius 1 is 1.08 bits per heavy atom. The molecule has 0 heterocycles. The van der Waals surface area contributed by atoms with Crippen LogP contribution in [0.1, 0.15) is 47.8 Å². The summed E-state index contributed by atoms with van der Waals surface area (Å²) in [6.45, 7) is 8.69. The summed E-state index contributed by atoms with van der Waals surface area (Å²) in [7, 11) is -1.48. The van der Waals surface area contributed by atoms with Gasteiger partial charge in [-0.1, -0.05) is 51.1 Å². The number of aryl methyl sites for hydroxylation is 1. The first-order valence-electron chi connectivity index (χ1n) is 8.03. The van der Waals surface area contributed by atoms with Gasteiger partial charge in [0.25, 0.3) is 5.91 Å². The summed E-state index contributed by atoms with van der Waals surface area (Å²) in [6.07, 6.45) is 0. The number of hydrogen-bond donors (Lipinski definition) is 3. The van der Waals surface area contributed by atoms with Crippen molar-refractivity contribution in [1.29, 1.82) is 0 Å². The molecular weight excluding hydrogens is 301 g/mol. The smallest absolute Gasteiger partial charge is 0.423 e. The largest absolute Gasteiger partial charge is 0.488 e. The number of nitrogens with one attached hydrogen (secondary N) is 1. The maximum Gasteiger partial charge on any atom is 0.488 e. The number of rotatable bonds is 4. The van der Waals surface area contributed by atoms with Gasteiger partial charge in [-0.25, -0.2) is 0 Å². The van der Waals surface area contributed by atoms with E-state index in [0.29, 0.717) is 17.6 Å². The Labute approximate surface area is 143 Å². The SMILES string of the molecule is Cc1cc(B(O)O)ccc1CNC(=O)c1ccc(C(C)(C)C)cc1. The minimum atomic E-state index is -1.48. The molecule has 24 heavy (non-hydrogen) atoms. The number of amides is 1. The van der Waals surface area contributed by atoms with Crippen LogP contribution in [0.3, 0.4) is 0 Å². The zero-order valence-electron chi connectivity index (χ0n) is 14.6. The third-order valence-corrected chi connectivity index (χ3v) is 4.12. The number of benzene rings is 2. The molecule has 0 saturated heterocycles. The molecule has 0 aliphatic heterocycles. The second kappa shape index (κ2) is 7.20. The Kier molecular flexibility index (Phi) is 5.47. The first-order valence-corrected chi connectivity index (χ1v) is 8.03. The van der Waals surface area contributed by atoms with Crippen molar-refractivity contribution in [3.8, 4) is 0 Å². The molecule has 3 N–H and O–H groups in total.